The van der Waals surface area contributed by atoms with Gasteiger partial charge < -0.3 is 9.88 Å². The Balaban J connectivity index is 1.56. The topological polar surface area (TPSA) is 84.3 Å². The zero-order chi connectivity index (χ0) is 18.5. The highest BCUT2D eigenvalue weighted by molar-refractivity contribution is 8.18. The number of nitrogens with one attached hydrogen (secondary N) is 1. The number of hydrogen-bond donors (Lipinski definition) is 1. The average Bonchev–Trinajstić information content (AvgIpc) is 3.20. The second kappa shape index (κ2) is 8.20. The molecule has 3 amide bonds. The molecule has 0 aliphatic carbocycles. The number of imidazole rings is 1. The molecule has 9 heteroatoms. The molecule has 1 N–H and O–H groups in total. The molecule has 1 aromatic heterocycles. The summed E-state index contributed by atoms with van der Waals surface area (Å²) in [5, 5.41) is 2.82. The molecule has 0 bridgehead atoms. The van der Waals surface area contributed by atoms with Crippen LogP contribution in [0.2, 0.25) is 5.02 Å². The largest absolute Gasteiger partial charge is 0.353 e. The summed E-state index contributed by atoms with van der Waals surface area (Å²) in [5.41, 5.74) is 0.674. The molecule has 0 saturated carbocycles. The van der Waals surface area contributed by atoms with Crippen LogP contribution in [0.3, 0.4) is 0 Å². The Morgan fingerprint density at radius 2 is 2.12 bits per heavy atom. The van der Waals surface area contributed by atoms with E-state index >= 15 is 0 Å². The van der Waals surface area contributed by atoms with Crippen molar-refractivity contribution in [3.05, 3.63) is 58.5 Å². The molecule has 0 unspecified atom stereocenters. The molecule has 26 heavy (non-hydrogen) atoms. The zero-order valence-electron chi connectivity index (χ0n) is 13.6. The molecule has 0 spiro atoms. The fourth-order valence-corrected chi connectivity index (χ4v) is 3.38. The maximum absolute atomic E-state index is 12.4. The highest BCUT2D eigenvalue weighted by atomic mass is 35.5. The van der Waals surface area contributed by atoms with Crippen LogP contribution in [0.25, 0.3) is 6.08 Å². The Bertz CT molecular complexity index is 867. The third-order valence-corrected chi connectivity index (χ3v) is 4.86. The number of halogens is 1. The second-order valence-corrected chi connectivity index (χ2v) is 6.84. The number of hydrogen-bond acceptors (Lipinski definition) is 5. The van der Waals surface area contributed by atoms with Gasteiger partial charge in [-0.25, -0.2) is 4.98 Å². The first-order valence-corrected chi connectivity index (χ1v) is 8.96. The van der Waals surface area contributed by atoms with Gasteiger partial charge in [-0.15, -0.1) is 0 Å². The van der Waals surface area contributed by atoms with Gasteiger partial charge >= 0.3 is 0 Å². The molecule has 134 valence electrons. The number of carbonyl (C=O) groups is 3. The Morgan fingerprint density at radius 3 is 2.85 bits per heavy atom. The highest BCUT2D eigenvalue weighted by Gasteiger charge is 2.34. The number of benzene rings is 1. The number of amides is 3. The fourth-order valence-electron chi connectivity index (χ4n) is 2.34. The first kappa shape index (κ1) is 18.2. The summed E-state index contributed by atoms with van der Waals surface area (Å²) in [4.78, 5) is 41.6. The first-order chi connectivity index (χ1) is 12.5. The van der Waals surface area contributed by atoms with Crippen LogP contribution in [-0.2, 0) is 16.1 Å². The van der Waals surface area contributed by atoms with Crippen molar-refractivity contribution < 1.29 is 14.4 Å². The van der Waals surface area contributed by atoms with E-state index in [0.29, 0.717) is 15.5 Å². The molecule has 2 heterocycles. The van der Waals surface area contributed by atoms with E-state index in [9.17, 15) is 14.4 Å². The van der Waals surface area contributed by atoms with Gasteiger partial charge in [-0.1, -0.05) is 29.8 Å². The minimum atomic E-state index is -0.385. The minimum Gasteiger partial charge on any atom is -0.353 e. The van der Waals surface area contributed by atoms with E-state index in [1.165, 1.54) is 6.33 Å². The van der Waals surface area contributed by atoms with E-state index in [4.69, 9.17) is 11.6 Å². The quantitative estimate of drug-likeness (QED) is 0.765. The summed E-state index contributed by atoms with van der Waals surface area (Å²) in [6.07, 6.45) is 6.40. The van der Waals surface area contributed by atoms with Gasteiger partial charge in [-0.3, -0.25) is 19.3 Å². The Hall–Kier alpha value is -2.58. The smallest absolute Gasteiger partial charge is 0.293 e. The van der Waals surface area contributed by atoms with Crippen molar-refractivity contribution in [3.8, 4) is 0 Å². The maximum Gasteiger partial charge on any atom is 0.293 e. The molecule has 2 aromatic rings. The third kappa shape index (κ3) is 4.33. The van der Waals surface area contributed by atoms with Crippen molar-refractivity contribution >= 4 is 46.5 Å². The standard InChI is InChI=1S/C17H15ClN4O3S/c18-13-4-2-1-3-12(13)9-14-16(24)22(17(25)26-14)8-6-20-15(23)10-21-7-5-19-11-21/h1-5,7,9,11H,6,8,10H2,(H,20,23)/b14-9-. The van der Waals surface area contributed by atoms with Gasteiger partial charge in [0.05, 0.1) is 11.2 Å². The Labute approximate surface area is 159 Å². The molecule has 7 nitrogen and oxygen atoms in total. The van der Waals surface area contributed by atoms with Crippen LogP contribution in [0.15, 0.2) is 47.9 Å². The monoisotopic (exact) mass is 390 g/mol. The van der Waals surface area contributed by atoms with E-state index in [1.807, 2.05) is 0 Å². The van der Waals surface area contributed by atoms with Crippen molar-refractivity contribution in [1.29, 1.82) is 0 Å². The molecule has 1 fully saturated rings. The molecule has 1 saturated heterocycles. The average molecular weight is 391 g/mol. The number of imide groups is 1. The van der Waals surface area contributed by atoms with Gasteiger partial charge in [0.2, 0.25) is 5.91 Å². The normalized spacial score (nSPS) is 15.7. The third-order valence-electron chi connectivity index (χ3n) is 3.61. The summed E-state index contributed by atoms with van der Waals surface area (Å²) in [7, 11) is 0. The van der Waals surface area contributed by atoms with Crippen molar-refractivity contribution in [3.63, 3.8) is 0 Å². The van der Waals surface area contributed by atoms with E-state index in [-0.39, 0.29) is 36.7 Å². The first-order valence-electron chi connectivity index (χ1n) is 7.77. The molecule has 0 atom stereocenters. The van der Waals surface area contributed by atoms with Crippen molar-refractivity contribution in [2.24, 2.45) is 0 Å². The summed E-state index contributed by atoms with van der Waals surface area (Å²) in [6, 6.07) is 7.08. The van der Waals surface area contributed by atoms with Gasteiger partial charge in [0, 0.05) is 30.5 Å². The van der Waals surface area contributed by atoms with Crippen LogP contribution < -0.4 is 5.32 Å². The lowest BCUT2D eigenvalue weighted by molar-refractivity contribution is -0.124. The van der Waals surface area contributed by atoms with Crippen LogP contribution in [0, 0.1) is 0 Å². The summed E-state index contributed by atoms with van der Waals surface area (Å²) < 4.78 is 1.63. The molecular formula is C17H15ClN4O3S. The van der Waals surface area contributed by atoms with Crippen LogP contribution in [0.5, 0.6) is 0 Å². The minimum absolute atomic E-state index is 0.111. The summed E-state index contributed by atoms with van der Waals surface area (Å²) in [5.74, 6) is -0.606. The van der Waals surface area contributed by atoms with Crippen LogP contribution in [0.4, 0.5) is 4.79 Å². The molecule has 1 aliphatic rings. The van der Waals surface area contributed by atoms with Crippen LogP contribution in [0.1, 0.15) is 5.56 Å². The summed E-state index contributed by atoms with van der Waals surface area (Å²) in [6.45, 7) is 0.430. The van der Waals surface area contributed by atoms with Gasteiger partial charge in [0.25, 0.3) is 11.1 Å². The number of aromatic nitrogens is 2. The Morgan fingerprint density at radius 1 is 1.31 bits per heavy atom. The van der Waals surface area contributed by atoms with Gasteiger partial charge in [0.1, 0.15) is 6.54 Å². The van der Waals surface area contributed by atoms with Gasteiger partial charge in [0.15, 0.2) is 0 Å². The van der Waals surface area contributed by atoms with Crippen LogP contribution >= 0.6 is 23.4 Å². The summed E-state index contributed by atoms with van der Waals surface area (Å²) >= 11 is 6.95. The molecule has 1 aliphatic heterocycles. The number of carbonyl (C=O) groups excluding carboxylic acids is 3. The van der Waals surface area contributed by atoms with E-state index < -0.39 is 0 Å². The number of thioether (sulfide) groups is 1. The predicted molar refractivity (Wildman–Crippen MR) is 99.4 cm³/mol. The van der Waals surface area contributed by atoms with E-state index in [0.717, 1.165) is 16.7 Å². The van der Waals surface area contributed by atoms with E-state index in [2.05, 4.69) is 10.3 Å². The van der Waals surface area contributed by atoms with Crippen molar-refractivity contribution in [2.75, 3.05) is 13.1 Å². The Kier molecular flexibility index (Phi) is 5.75. The molecule has 3 rings (SSSR count). The van der Waals surface area contributed by atoms with Crippen molar-refractivity contribution in [2.45, 2.75) is 6.54 Å². The lowest BCUT2D eigenvalue weighted by Crippen LogP contribution is -2.38. The van der Waals surface area contributed by atoms with E-state index in [1.54, 1.807) is 47.3 Å². The van der Waals surface area contributed by atoms with Crippen LogP contribution in [-0.4, -0.2) is 44.6 Å². The zero-order valence-corrected chi connectivity index (χ0v) is 15.2. The fraction of sp³-hybridized carbons (Fsp3) is 0.176. The SMILES string of the molecule is O=C(Cn1ccnc1)NCCN1C(=O)S/C(=C\c2ccccc2Cl)C1=O. The second-order valence-electron chi connectivity index (χ2n) is 5.44. The predicted octanol–water partition coefficient (Wildman–Crippen LogP) is 2.39. The number of rotatable bonds is 6. The van der Waals surface area contributed by atoms with Gasteiger partial charge in [-0.2, -0.15) is 0 Å². The van der Waals surface area contributed by atoms with Gasteiger partial charge in [-0.05, 0) is 29.5 Å². The highest BCUT2D eigenvalue weighted by Crippen LogP contribution is 2.33. The molecule has 1 aromatic carbocycles. The van der Waals surface area contributed by atoms with Crippen molar-refractivity contribution in [1.82, 2.24) is 19.8 Å². The molecule has 0 radical (unpaired) electrons. The molecular weight excluding hydrogens is 376 g/mol. The lowest BCUT2D eigenvalue weighted by Gasteiger charge is -2.13. The lowest BCUT2D eigenvalue weighted by atomic mass is 10.2. The maximum atomic E-state index is 12.4. The number of nitrogens with zero attached hydrogens (tertiary/aromatic N) is 3.